The zero-order valence-electron chi connectivity index (χ0n) is 12.7. The maximum atomic E-state index is 12.6. The number of halogens is 3. The Balaban J connectivity index is 2.12. The summed E-state index contributed by atoms with van der Waals surface area (Å²) in [5.41, 5.74) is 0.00277. The number of aliphatic hydroxyl groups is 1. The fraction of sp³-hybridized carbons (Fsp3) is 0.600. The second kappa shape index (κ2) is 7.16. The zero-order chi connectivity index (χ0) is 17.0. The molecule has 1 amide bonds. The van der Waals surface area contributed by atoms with Crippen LogP contribution < -0.4 is 4.74 Å². The summed E-state index contributed by atoms with van der Waals surface area (Å²) in [5.74, 6) is -0.793. The lowest BCUT2D eigenvalue weighted by Gasteiger charge is -2.34. The quantitative estimate of drug-likeness (QED) is 0.919. The summed E-state index contributed by atoms with van der Waals surface area (Å²) in [7, 11) is 0. The van der Waals surface area contributed by atoms with Gasteiger partial charge >= 0.3 is 6.18 Å². The van der Waals surface area contributed by atoms with Crippen LogP contribution in [0.2, 0.25) is 0 Å². The number of rotatable bonds is 4. The second-order valence-electron chi connectivity index (χ2n) is 5.65. The van der Waals surface area contributed by atoms with E-state index in [0.717, 1.165) is 12.8 Å². The molecule has 0 spiro atoms. The lowest BCUT2D eigenvalue weighted by molar-refractivity contribution is -0.154. The predicted molar refractivity (Wildman–Crippen MR) is 76.1 cm³/mol. The van der Waals surface area contributed by atoms with Crippen LogP contribution in [0.25, 0.3) is 0 Å². The molecule has 0 saturated carbocycles. The van der Waals surface area contributed by atoms with E-state index in [9.17, 15) is 23.1 Å². The van der Waals surface area contributed by atoms with E-state index in [1.807, 2.05) is 0 Å². The van der Waals surface area contributed by atoms with E-state index < -0.39 is 24.8 Å². The Morgan fingerprint density at radius 1 is 1.57 bits per heavy atom. The number of hydrogen-bond donors (Lipinski definition) is 1. The Morgan fingerprint density at radius 2 is 2.30 bits per heavy atom. The van der Waals surface area contributed by atoms with Gasteiger partial charge in [0.05, 0.1) is 6.10 Å². The summed E-state index contributed by atoms with van der Waals surface area (Å²) in [5, 5.41) is 9.68. The number of carbonyl (C=O) groups excluding carboxylic acids is 1. The van der Waals surface area contributed by atoms with Crippen molar-refractivity contribution in [3.63, 3.8) is 0 Å². The highest BCUT2D eigenvalue weighted by Gasteiger charge is 2.31. The van der Waals surface area contributed by atoms with Crippen LogP contribution in [-0.4, -0.2) is 52.9 Å². The number of ether oxygens (including phenoxy) is 1. The highest BCUT2D eigenvalue weighted by atomic mass is 19.4. The molecule has 1 fully saturated rings. The van der Waals surface area contributed by atoms with E-state index in [1.165, 1.54) is 23.2 Å². The van der Waals surface area contributed by atoms with Gasteiger partial charge in [0.25, 0.3) is 5.91 Å². The third-order valence-electron chi connectivity index (χ3n) is 3.80. The number of aromatic nitrogens is 1. The molecule has 1 aliphatic rings. The number of alkyl halides is 3. The maximum Gasteiger partial charge on any atom is 0.422 e. The van der Waals surface area contributed by atoms with Gasteiger partial charge in [0, 0.05) is 25.2 Å². The molecule has 2 unspecified atom stereocenters. The number of nitrogens with zero attached hydrogens (tertiary/aromatic N) is 2. The molecule has 0 aliphatic carbocycles. The number of likely N-dealkylation sites (tertiary alicyclic amines) is 1. The standard InChI is InChI=1S/C15H19F3N2O3/c1-10(21)11-4-3-7-20(8-11)14(22)12-5-2-6-19-13(12)23-9-15(16,17)18/h2,5-6,10-11,21H,3-4,7-9H2,1H3. The van der Waals surface area contributed by atoms with Gasteiger partial charge < -0.3 is 14.7 Å². The van der Waals surface area contributed by atoms with E-state index in [1.54, 1.807) is 6.92 Å². The Kier molecular flexibility index (Phi) is 5.46. The molecule has 1 N–H and O–H groups in total. The van der Waals surface area contributed by atoms with Crippen LogP contribution in [0.5, 0.6) is 5.88 Å². The van der Waals surface area contributed by atoms with Gasteiger partial charge in [-0.25, -0.2) is 4.98 Å². The molecule has 1 aromatic heterocycles. The number of aliphatic hydroxyl groups excluding tert-OH is 1. The number of hydrogen-bond acceptors (Lipinski definition) is 4. The summed E-state index contributed by atoms with van der Waals surface area (Å²) < 4.78 is 41.5. The summed E-state index contributed by atoms with van der Waals surface area (Å²) in [6.07, 6.45) is -2.22. The van der Waals surface area contributed by atoms with Gasteiger partial charge in [-0.1, -0.05) is 0 Å². The van der Waals surface area contributed by atoms with Crippen molar-refractivity contribution in [2.24, 2.45) is 5.92 Å². The molecular formula is C15H19F3N2O3. The second-order valence-corrected chi connectivity index (χ2v) is 5.65. The normalized spacial score (nSPS) is 20.2. The van der Waals surface area contributed by atoms with Crippen LogP contribution >= 0.6 is 0 Å². The topological polar surface area (TPSA) is 62.7 Å². The van der Waals surface area contributed by atoms with E-state index in [0.29, 0.717) is 13.1 Å². The van der Waals surface area contributed by atoms with Gasteiger partial charge in [-0.15, -0.1) is 0 Å². The highest BCUT2D eigenvalue weighted by molar-refractivity contribution is 5.96. The first kappa shape index (κ1) is 17.5. The fourth-order valence-corrected chi connectivity index (χ4v) is 2.58. The summed E-state index contributed by atoms with van der Waals surface area (Å²) in [6, 6.07) is 2.87. The minimum atomic E-state index is -4.50. The van der Waals surface area contributed by atoms with Crippen molar-refractivity contribution >= 4 is 5.91 Å². The first-order chi connectivity index (χ1) is 10.8. The van der Waals surface area contributed by atoms with Crippen molar-refractivity contribution in [2.45, 2.75) is 32.0 Å². The van der Waals surface area contributed by atoms with Crippen LogP contribution in [0, 0.1) is 5.92 Å². The molecule has 0 radical (unpaired) electrons. The fourth-order valence-electron chi connectivity index (χ4n) is 2.58. The smallest absolute Gasteiger partial charge is 0.422 e. The number of pyridine rings is 1. The third-order valence-corrected chi connectivity index (χ3v) is 3.80. The first-order valence-electron chi connectivity index (χ1n) is 7.40. The Bertz CT molecular complexity index is 549. The third kappa shape index (κ3) is 4.82. The lowest BCUT2D eigenvalue weighted by Crippen LogP contribution is -2.43. The largest absolute Gasteiger partial charge is 0.467 e. The van der Waals surface area contributed by atoms with Gasteiger partial charge in [0.1, 0.15) is 5.56 Å². The number of amides is 1. The summed E-state index contributed by atoms with van der Waals surface area (Å²) >= 11 is 0. The van der Waals surface area contributed by atoms with Crippen LogP contribution in [0.4, 0.5) is 13.2 Å². The molecule has 1 aliphatic heterocycles. The van der Waals surface area contributed by atoms with Crippen molar-refractivity contribution in [1.82, 2.24) is 9.88 Å². The predicted octanol–water partition coefficient (Wildman–Crippen LogP) is 2.26. The molecule has 1 aromatic rings. The molecule has 2 atom stereocenters. The monoisotopic (exact) mass is 332 g/mol. The average molecular weight is 332 g/mol. The van der Waals surface area contributed by atoms with Gasteiger partial charge in [-0.2, -0.15) is 13.2 Å². The molecule has 2 heterocycles. The van der Waals surface area contributed by atoms with Gasteiger partial charge in [0.2, 0.25) is 5.88 Å². The van der Waals surface area contributed by atoms with Crippen molar-refractivity contribution in [2.75, 3.05) is 19.7 Å². The van der Waals surface area contributed by atoms with Crippen LogP contribution in [0.15, 0.2) is 18.3 Å². The van der Waals surface area contributed by atoms with Crippen LogP contribution in [0.3, 0.4) is 0 Å². The average Bonchev–Trinajstić information content (AvgIpc) is 2.52. The van der Waals surface area contributed by atoms with Crippen molar-refractivity contribution in [3.8, 4) is 5.88 Å². The molecule has 8 heteroatoms. The van der Waals surface area contributed by atoms with Crippen LogP contribution in [0.1, 0.15) is 30.1 Å². The molecule has 1 saturated heterocycles. The Morgan fingerprint density at radius 3 is 2.96 bits per heavy atom. The van der Waals surface area contributed by atoms with E-state index >= 15 is 0 Å². The van der Waals surface area contributed by atoms with E-state index in [2.05, 4.69) is 9.72 Å². The van der Waals surface area contributed by atoms with Gasteiger partial charge in [-0.05, 0) is 31.9 Å². The minimum absolute atomic E-state index is 0.00277. The molecule has 128 valence electrons. The number of piperidine rings is 1. The maximum absolute atomic E-state index is 12.6. The molecule has 0 bridgehead atoms. The van der Waals surface area contributed by atoms with Gasteiger partial charge in [-0.3, -0.25) is 4.79 Å². The lowest BCUT2D eigenvalue weighted by atomic mass is 9.93. The molecule has 23 heavy (non-hydrogen) atoms. The Labute approximate surface area is 132 Å². The SMILES string of the molecule is CC(O)C1CCCN(C(=O)c2cccnc2OCC(F)(F)F)C1. The molecule has 5 nitrogen and oxygen atoms in total. The first-order valence-corrected chi connectivity index (χ1v) is 7.40. The molecular weight excluding hydrogens is 313 g/mol. The highest BCUT2D eigenvalue weighted by Crippen LogP contribution is 2.25. The zero-order valence-corrected chi connectivity index (χ0v) is 12.7. The van der Waals surface area contributed by atoms with Crippen molar-refractivity contribution in [3.05, 3.63) is 23.9 Å². The van der Waals surface area contributed by atoms with Crippen molar-refractivity contribution < 1.29 is 27.8 Å². The summed E-state index contributed by atoms with van der Waals surface area (Å²) in [6.45, 7) is 1.03. The van der Waals surface area contributed by atoms with Crippen LogP contribution in [-0.2, 0) is 0 Å². The number of carbonyl (C=O) groups is 1. The molecule has 0 aromatic carbocycles. The summed E-state index contributed by atoms with van der Waals surface area (Å²) in [4.78, 5) is 17.8. The minimum Gasteiger partial charge on any atom is -0.467 e. The van der Waals surface area contributed by atoms with E-state index in [4.69, 9.17) is 0 Å². The Hall–Kier alpha value is -1.83. The molecule has 2 rings (SSSR count). The van der Waals surface area contributed by atoms with E-state index in [-0.39, 0.29) is 17.4 Å². The van der Waals surface area contributed by atoms with Gasteiger partial charge in [0.15, 0.2) is 6.61 Å². The van der Waals surface area contributed by atoms with Crippen molar-refractivity contribution in [1.29, 1.82) is 0 Å².